The average Bonchev–Trinajstić information content (AvgIpc) is 2.46. The van der Waals surface area contributed by atoms with E-state index in [4.69, 9.17) is 0 Å². The first-order chi connectivity index (χ1) is 10.4. The lowest BCUT2D eigenvalue weighted by molar-refractivity contribution is -0.138. The first-order valence-electron chi connectivity index (χ1n) is 6.69. The van der Waals surface area contributed by atoms with E-state index < -0.39 is 18.6 Å². The molecule has 0 bridgehead atoms. The van der Waals surface area contributed by atoms with Gasteiger partial charge in [0.25, 0.3) is 0 Å². The van der Waals surface area contributed by atoms with Gasteiger partial charge in [-0.25, -0.2) is 0 Å². The molecule has 0 fully saturated rings. The summed E-state index contributed by atoms with van der Waals surface area (Å²) >= 11 is 3.29. The second-order valence-corrected chi connectivity index (χ2v) is 5.77. The van der Waals surface area contributed by atoms with Gasteiger partial charge in [-0.15, -0.1) is 0 Å². The number of azo groups is 1. The van der Waals surface area contributed by atoms with Crippen LogP contribution in [-0.4, -0.2) is 12.2 Å². The Balaban J connectivity index is 2.11. The summed E-state index contributed by atoms with van der Waals surface area (Å²) in [6, 6.07) is 15.0. The summed E-state index contributed by atoms with van der Waals surface area (Å²) in [6.07, 6.45) is -5.04. The number of rotatable bonds is 5. The number of hydrogen-bond donors (Lipinski definition) is 0. The van der Waals surface area contributed by atoms with Crippen LogP contribution < -0.4 is 0 Å². The highest BCUT2D eigenvalue weighted by Gasteiger charge is 2.32. The van der Waals surface area contributed by atoms with Gasteiger partial charge >= 0.3 is 6.18 Å². The quantitative estimate of drug-likeness (QED) is 0.568. The molecule has 2 aromatic rings. The molecule has 0 amide bonds. The van der Waals surface area contributed by atoms with Crippen LogP contribution in [0.3, 0.4) is 0 Å². The zero-order valence-electron chi connectivity index (χ0n) is 11.6. The molecule has 0 aliphatic rings. The lowest BCUT2D eigenvalue weighted by Crippen LogP contribution is -2.19. The Kier molecular flexibility index (Phi) is 5.71. The third kappa shape index (κ3) is 5.97. The molecule has 0 heterocycles. The Hall–Kier alpha value is -1.69. The Labute approximate surface area is 135 Å². The molecule has 0 radical (unpaired) electrons. The van der Waals surface area contributed by atoms with Gasteiger partial charge < -0.3 is 0 Å². The van der Waals surface area contributed by atoms with Crippen LogP contribution >= 0.6 is 15.9 Å². The molecule has 0 saturated heterocycles. The van der Waals surface area contributed by atoms with E-state index >= 15 is 0 Å². The van der Waals surface area contributed by atoms with Crippen molar-refractivity contribution in [1.29, 1.82) is 0 Å². The van der Waals surface area contributed by atoms with Gasteiger partial charge in [0.1, 0.15) is 0 Å². The maximum absolute atomic E-state index is 12.7. The lowest BCUT2D eigenvalue weighted by atomic mass is 10.0. The fraction of sp³-hybridized carbons (Fsp3) is 0.250. The van der Waals surface area contributed by atoms with Crippen molar-refractivity contribution in [3.8, 4) is 0 Å². The van der Waals surface area contributed by atoms with E-state index in [1.165, 1.54) is 0 Å². The van der Waals surface area contributed by atoms with Gasteiger partial charge in [0.2, 0.25) is 0 Å². The van der Waals surface area contributed by atoms with Crippen molar-refractivity contribution in [3.05, 3.63) is 64.6 Å². The maximum Gasteiger partial charge on any atom is 0.391 e. The summed E-state index contributed by atoms with van der Waals surface area (Å²) in [5, 5.41) is 7.83. The minimum absolute atomic E-state index is 0.209. The summed E-state index contributed by atoms with van der Waals surface area (Å²) in [5.74, 6) is 0. The van der Waals surface area contributed by atoms with Crippen LogP contribution in [0, 0.1) is 0 Å². The summed E-state index contributed by atoms with van der Waals surface area (Å²) in [5.41, 5.74) is 1.34. The van der Waals surface area contributed by atoms with Crippen molar-refractivity contribution in [2.45, 2.75) is 25.1 Å². The van der Waals surface area contributed by atoms with Crippen LogP contribution in [0.2, 0.25) is 0 Å². The van der Waals surface area contributed by atoms with Crippen LogP contribution in [0.1, 0.15) is 12.0 Å². The number of benzene rings is 2. The van der Waals surface area contributed by atoms with Crippen LogP contribution in [0.5, 0.6) is 0 Å². The summed E-state index contributed by atoms with van der Waals surface area (Å²) in [6.45, 7) is 0. The first-order valence-corrected chi connectivity index (χ1v) is 7.49. The Morgan fingerprint density at radius 1 is 0.955 bits per heavy atom. The smallest absolute Gasteiger partial charge is 0.185 e. The second-order valence-electron chi connectivity index (χ2n) is 4.85. The Morgan fingerprint density at radius 2 is 1.59 bits per heavy atom. The molecule has 0 aliphatic carbocycles. The van der Waals surface area contributed by atoms with Gasteiger partial charge in [-0.1, -0.05) is 46.3 Å². The molecule has 1 unspecified atom stereocenters. The zero-order chi connectivity index (χ0) is 16.0. The van der Waals surface area contributed by atoms with Crippen molar-refractivity contribution in [1.82, 2.24) is 0 Å². The lowest BCUT2D eigenvalue weighted by Gasteiger charge is -2.13. The molecule has 22 heavy (non-hydrogen) atoms. The molecule has 0 aromatic heterocycles. The highest BCUT2D eigenvalue weighted by atomic mass is 79.9. The molecule has 0 spiro atoms. The van der Waals surface area contributed by atoms with Crippen molar-refractivity contribution >= 4 is 21.6 Å². The predicted molar refractivity (Wildman–Crippen MR) is 83.3 cm³/mol. The molecule has 2 rings (SSSR count). The Morgan fingerprint density at radius 3 is 2.18 bits per heavy atom. The standard InChI is InChI=1S/C16H14BrF3N2/c17-13-6-8-14(9-7-13)21-22-15(11-16(18,19)20)10-12-4-2-1-3-5-12/h1-9,15H,10-11H2. The highest BCUT2D eigenvalue weighted by Crippen LogP contribution is 2.26. The monoisotopic (exact) mass is 370 g/mol. The van der Waals surface area contributed by atoms with Gasteiger partial charge in [0.05, 0.1) is 18.2 Å². The van der Waals surface area contributed by atoms with Crippen LogP contribution in [0.4, 0.5) is 18.9 Å². The Bertz CT molecular complexity index is 610. The van der Waals surface area contributed by atoms with E-state index in [1.807, 2.05) is 6.07 Å². The molecular formula is C16H14BrF3N2. The van der Waals surface area contributed by atoms with Gasteiger partial charge in [-0.05, 0) is 36.2 Å². The van der Waals surface area contributed by atoms with E-state index in [9.17, 15) is 13.2 Å². The van der Waals surface area contributed by atoms with Crippen molar-refractivity contribution in [2.24, 2.45) is 10.2 Å². The SMILES string of the molecule is FC(F)(F)CC(Cc1ccccc1)N=Nc1ccc(Br)cc1. The molecule has 0 N–H and O–H groups in total. The number of hydrogen-bond acceptors (Lipinski definition) is 2. The van der Waals surface area contributed by atoms with E-state index in [-0.39, 0.29) is 6.42 Å². The van der Waals surface area contributed by atoms with Gasteiger partial charge in [-0.3, -0.25) is 0 Å². The third-order valence-corrected chi connectivity index (χ3v) is 3.47. The fourth-order valence-electron chi connectivity index (χ4n) is 1.96. The molecule has 2 aromatic carbocycles. The van der Waals surface area contributed by atoms with Crippen molar-refractivity contribution < 1.29 is 13.2 Å². The van der Waals surface area contributed by atoms with Crippen LogP contribution in [-0.2, 0) is 6.42 Å². The maximum atomic E-state index is 12.7. The minimum Gasteiger partial charge on any atom is -0.185 e. The van der Waals surface area contributed by atoms with E-state index in [0.29, 0.717) is 5.69 Å². The molecule has 0 saturated carbocycles. The number of nitrogens with zero attached hydrogens (tertiary/aromatic N) is 2. The normalized spacial score (nSPS) is 13.5. The minimum atomic E-state index is -4.27. The van der Waals surface area contributed by atoms with Crippen molar-refractivity contribution in [3.63, 3.8) is 0 Å². The topological polar surface area (TPSA) is 24.7 Å². The fourth-order valence-corrected chi connectivity index (χ4v) is 2.23. The van der Waals surface area contributed by atoms with Crippen LogP contribution in [0.25, 0.3) is 0 Å². The second kappa shape index (κ2) is 7.54. The molecule has 116 valence electrons. The van der Waals surface area contributed by atoms with E-state index in [1.54, 1.807) is 48.5 Å². The van der Waals surface area contributed by atoms with Crippen molar-refractivity contribution in [2.75, 3.05) is 0 Å². The van der Waals surface area contributed by atoms with Gasteiger partial charge in [0.15, 0.2) is 0 Å². The summed E-state index contributed by atoms with van der Waals surface area (Å²) in [7, 11) is 0. The molecule has 2 nitrogen and oxygen atoms in total. The zero-order valence-corrected chi connectivity index (χ0v) is 13.2. The third-order valence-electron chi connectivity index (χ3n) is 2.94. The van der Waals surface area contributed by atoms with E-state index in [0.717, 1.165) is 10.0 Å². The van der Waals surface area contributed by atoms with Gasteiger partial charge in [0, 0.05) is 4.47 Å². The summed E-state index contributed by atoms with van der Waals surface area (Å²) in [4.78, 5) is 0. The summed E-state index contributed by atoms with van der Waals surface area (Å²) < 4.78 is 38.9. The van der Waals surface area contributed by atoms with Gasteiger partial charge in [-0.2, -0.15) is 23.4 Å². The molecule has 0 aliphatic heterocycles. The predicted octanol–water partition coefficient (Wildman–Crippen LogP) is 6.10. The number of halogens is 4. The first kappa shape index (κ1) is 16.7. The largest absolute Gasteiger partial charge is 0.391 e. The molecule has 6 heteroatoms. The average molecular weight is 371 g/mol. The number of alkyl halides is 3. The molecule has 1 atom stereocenters. The van der Waals surface area contributed by atoms with Crippen LogP contribution in [0.15, 0.2) is 69.3 Å². The molecular weight excluding hydrogens is 357 g/mol. The van der Waals surface area contributed by atoms with E-state index in [2.05, 4.69) is 26.2 Å². The highest BCUT2D eigenvalue weighted by molar-refractivity contribution is 9.10.